The summed E-state index contributed by atoms with van der Waals surface area (Å²) in [5.41, 5.74) is 6.92. The van der Waals surface area contributed by atoms with Crippen molar-refractivity contribution in [2.45, 2.75) is 32.9 Å². The number of likely N-dealkylation sites (N-methyl/N-ethyl adjacent to an activating group) is 1. The molecule has 3 N–H and O–H groups in total. The predicted molar refractivity (Wildman–Crippen MR) is 138 cm³/mol. The van der Waals surface area contributed by atoms with Crippen molar-refractivity contribution in [3.8, 4) is 5.75 Å². The lowest BCUT2D eigenvalue weighted by atomic mass is 10.2. The van der Waals surface area contributed by atoms with Crippen molar-refractivity contribution in [2.24, 2.45) is 0 Å². The van der Waals surface area contributed by atoms with Crippen molar-refractivity contribution in [1.82, 2.24) is 14.5 Å². The number of nitrogens with two attached hydrogens (primary N) is 1. The molecule has 9 nitrogen and oxygen atoms in total. The van der Waals surface area contributed by atoms with Crippen molar-refractivity contribution in [3.63, 3.8) is 0 Å². The zero-order valence-electron chi connectivity index (χ0n) is 20.5. The Bertz CT molecular complexity index is 1250. The molecule has 1 amide bonds. The van der Waals surface area contributed by atoms with Gasteiger partial charge in [0.25, 0.3) is 5.56 Å². The number of ether oxygens (including phenoxy) is 1. The minimum Gasteiger partial charge on any atom is -0.497 e. The summed E-state index contributed by atoms with van der Waals surface area (Å²) in [5, 5.41) is 0. The van der Waals surface area contributed by atoms with E-state index in [-0.39, 0.29) is 30.5 Å². The van der Waals surface area contributed by atoms with Crippen molar-refractivity contribution >= 4 is 17.4 Å². The maximum Gasteiger partial charge on any atom is 0.330 e. The molecule has 35 heavy (non-hydrogen) atoms. The Morgan fingerprint density at radius 1 is 1.09 bits per heavy atom. The third kappa shape index (κ3) is 6.60. The molecular weight excluding hydrogens is 446 g/mol. The summed E-state index contributed by atoms with van der Waals surface area (Å²) < 4.78 is 6.56. The molecule has 1 aromatic heterocycles. The Hall–Kier alpha value is -3.85. The zero-order valence-corrected chi connectivity index (χ0v) is 20.5. The van der Waals surface area contributed by atoms with E-state index in [1.54, 1.807) is 7.11 Å². The molecule has 0 radical (unpaired) electrons. The van der Waals surface area contributed by atoms with Crippen molar-refractivity contribution in [2.75, 3.05) is 37.9 Å². The van der Waals surface area contributed by atoms with Gasteiger partial charge in [0.2, 0.25) is 5.91 Å². The first-order chi connectivity index (χ1) is 16.8. The molecule has 9 heteroatoms. The smallest absolute Gasteiger partial charge is 0.330 e. The number of aromatic nitrogens is 2. The molecule has 0 bridgehead atoms. The van der Waals surface area contributed by atoms with Crippen molar-refractivity contribution in [1.29, 1.82) is 0 Å². The average Bonchev–Trinajstić information content (AvgIpc) is 2.84. The number of nitrogens with zero attached hydrogens (tertiary/aromatic N) is 3. The van der Waals surface area contributed by atoms with Crippen LogP contribution in [0.1, 0.15) is 30.9 Å². The Morgan fingerprint density at radius 3 is 2.49 bits per heavy atom. The summed E-state index contributed by atoms with van der Waals surface area (Å²) in [6, 6.07) is 17.0. The molecule has 0 atom stereocenters. The number of rotatable bonds is 11. The van der Waals surface area contributed by atoms with Gasteiger partial charge in [0, 0.05) is 13.1 Å². The largest absolute Gasteiger partial charge is 0.497 e. The van der Waals surface area contributed by atoms with Gasteiger partial charge in [-0.2, -0.15) is 0 Å². The van der Waals surface area contributed by atoms with Gasteiger partial charge in [-0.05, 0) is 36.7 Å². The highest BCUT2D eigenvalue weighted by Gasteiger charge is 2.25. The number of amides is 1. The van der Waals surface area contributed by atoms with Crippen LogP contribution in [0.4, 0.5) is 11.5 Å². The van der Waals surface area contributed by atoms with E-state index in [0.717, 1.165) is 23.3 Å². The number of hydrogen-bond donors (Lipinski definition) is 2. The number of carbonyl (C=O) groups is 1. The summed E-state index contributed by atoms with van der Waals surface area (Å²) in [4.78, 5) is 44.4. The molecule has 1 heterocycles. The van der Waals surface area contributed by atoms with Gasteiger partial charge in [-0.15, -0.1) is 0 Å². The van der Waals surface area contributed by atoms with Gasteiger partial charge in [0.1, 0.15) is 11.6 Å². The quantitative estimate of drug-likeness (QED) is 0.437. The number of aromatic amines is 1. The molecule has 3 aromatic rings. The van der Waals surface area contributed by atoms with Crippen LogP contribution in [0.15, 0.2) is 64.2 Å². The number of benzene rings is 2. The van der Waals surface area contributed by atoms with Gasteiger partial charge in [0.05, 0.1) is 20.2 Å². The van der Waals surface area contributed by atoms with E-state index in [1.807, 2.05) is 73.5 Å². The number of unbranched alkanes of at least 4 members (excludes halogenated alkanes) is 1. The van der Waals surface area contributed by atoms with Crippen LogP contribution < -0.4 is 26.6 Å². The molecule has 0 aliphatic rings. The van der Waals surface area contributed by atoms with Crippen molar-refractivity contribution in [3.05, 3.63) is 86.6 Å². The number of carbonyl (C=O) groups excluding carboxylic acids is 1. The fraction of sp³-hybridized carbons (Fsp3) is 0.346. The van der Waals surface area contributed by atoms with E-state index >= 15 is 0 Å². The van der Waals surface area contributed by atoms with Crippen LogP contribution in [-0.4, -0.2) is 47.6 Å². The third-order valence-corrected chi connectivity index (χ3v) is 5.70. The first kappa shape index (κ1) is 25.8. The number of methoxy groups -OCH3 is 1. The van der Waals surface area contributed by atoms with Gasteiger partial charge < -0.3 is 15.4 Å². The number of anilines is 2. The Morgan fingerprint density at radius 2 is 1.80 bits per heavy atom. The van der Waals surface area contributed by atoms with Crippen LogP contribution in [0.2, 0.25) is 0 Å². The van der Waals surface area contributed by atoms with Crippen LogP contribution in [-0.2, 0) is 17.9 Å². The lowest BCUT2D eigenvalue weighted by Gasteiger charge is -2.27. The van der Waals surface area contributed by atoms with Gasteiger partial charge in [-0.25, -0.2) is 4.79 Å². The molecule has 0 unspecified atom stereocenters. The monoisotopic (exact) mass is 479 g/mol. The maximum atomic E-state index is 13.4. The SMILES string of the molecule is CCCCN(C(=O)CN(C)Cc1cccc(OC)c1)c1c(N)n(Cc2ccccc2)c(=O)[nH]c1=O. The molecule has 0 spiro atoms. The molecule has 0 aliphatic carbocycles. The normalized spacial score (nSPS) is 11.0. The summed E-state index contributed by atoms with van der Waals surface area (Å²) in [7, 11) is 3.44. The topological polar surface area (TPSA) is 114 Å². The second kappa shape index (κ2) is 12.0. The highest BCUT2D eigenvalue weighted by atomic mass is 16.5. The standard InChI is InChI=1S/C26H33N5O4/c1-4-5-14-30(22(32)18-29(2)16-20-12-9-13-21(15-20)35-3)23-24(27)31(26(34)28-25(23)33)17-19-10-7-6-8-11-19/h6-13,15H,4-5,14,16-18,27H2,1-3H3,(H,28,33,34). The highest BCUT2D eigenvalue weighted by Crippen LogP contribution is 2.20. The number of nitrogen functional groups attached to an aromatic ring is 1. The number of nitrogens with one attached hydrogen (secondary N) is 1. The fourth-order valence-electron chi connectivity index (χ4n) is 3.89. The van der Waals surface area contributed by atoms with Crippen LogP contribution in [0, 0.1) is 0 Å². The lowest BCUT2D eigenvalue weighted by molar-refractivity contribution is -0.119. The molecule has 3 rings (SSSR count). The van der Waals surface area contributed by atoms with Crippen LogP contribution in [0.3, 0.4) is 0 Å². The van der Waals surface area contributed by atoms with E-state index in [1.165, 1.54) is 9.47 Å². The van der Waals surface area contributed by atoms with E-state index in [2.05, 4.69) is 4.98 Å². The minimum atomic E-state index is -0.670. The predicted octanol–water partition coefficient (Wildman–Crippen LogP) is 2.44. The molecule has 0 fully saturated rings. The van der Waals surface area contributed by atoms with Gasteiger partial charge >= 0.3 is 5.69 Å². The second-order valence-electron chi connectivity index (χ2n) is 8.49. The van der Waals surface area contributed by atoms with E-state index in [9.17, 15) is 14.4 Å². The zero-order chi connectivity index (χ0) is 25.4. The van der Waals surface area contributed by atoms with Crippen molar-refractivity contribution < 1.29 is 9.53 Å². The summed E-state index contributed by atoms with van der Waals surface area (Å²) in [5.74, 6) is 0.445. The average molecular weight is 480 g/mol. The van der Waals surface area contributed by atoms with Crippen LogP contribution >= 0.6 is 0 Å². The Balaban J connectivity index is 1.88. The van der Waals surface area contributed by atoms with Gasteiger partial charge in [-0.3, -0.25) is 24.0 Å². The highest BCUT2D eigenvalue weighted by molar-refractivity contribution is 5.96. The molecule has 186 valence electrons. The molecule has 0 saturated heterocycles. The van der Waals surface area contributed by atoms with Crippen LogP contribution in [0.25, 0.3) is 0 Å². The lowest BCUT2D eigenvalue weighted by Crippen LogP contribution is -2.45. The fourth-order valence-corrected chi connectivity index (χ4v) is 3.89. The first-order valence-electron chi connectivity index (χ1n) is 11.6. The van der Waals surface area contributed by atoms with Gasteiger partial charge in [0.15, 0.2) is 5.69 Å². The molecular formula is C26H33N5O4. The number of hydrogen-bond acceptors (Lipinski definition) is 6. The van der Waals surface area contributed by atoms with E-state index < -0.39 is 11.2 Å². The Kier molecular flexibility index (Phi) is 8.86. The summed E-state index contributed by atoms with van der Waals surface area (Å²) in [6.45, 7) is 3.09. The minimum absolute atomic E-state index is 0.00811. The van der Waals surface area contributed by atoms with E-state index in [0.29, 0.717) is 19.5 Å². The van der Waals surface area contributed by atoms with Gasteiger partial charge in [-0.1, -0.05) is 55.8 Å². The summed E-state index contributed by atoms with van der Waals surface area (Å²) in [6.07, 6.45) is 1.51. The van der Waals surface area contributed by atoms with E-state index in [4.69, 9.17) is 10.5 Å². The molecule has 2 aromatic carbocycles. The maximum absolute atomic E-state index is 13.4. The Labute approximate surface area is 204 Å². The third-order valence-electron chi connectivity index (χ3n) is 5.70. The second-order valence-corrected chi connectivity index (χ2v) is 8.49. The molecule has 0 saturated carbocycles. The first-order valence-corrected chi connectivity index (χ1v) is 11.6. The molecule has 0 aliphatic heterocycles. The summed E-state index contributed by atoms with van der Waals surface area (Å²) >= 11 is 0. The van der Waals surface area contributed by atoms with Crippen LogP contribution in [0.5, 0.6) is 5.75 Å². The number of H-pyrrole nitrogens is 1.